The molecule has 0 radical (unpaired) electrons. The second-order valence-electron chi connectivity index (χ2n) is 17.7. The summed E-state index contributed by atoms with van der Waals surface area (Å²) in [6.07, 6.45) is 21.6. The number of nitrogens with zero attached hydrogens (tertiary/aromatic N) is 3. The predicted octanol–water partition coefficient (Wildman–Crippen LogP) is 15.2. The largest absolute Gasteiger partial charge is 0.398 e. The first-order valence-corrected chi connectivity index (χ1v) is 26.1. The lowest BCUT2D eigenvalue weighted by Crippen LogP contribution is -2.62. The van der Waals surface area contributed by atoms with Gasteiger partial charge in [-0.2, -0.15) is 0 Å². The second kappa shape index (κ2) is 37.3. The third kappa shape index (κ3) is 21.8. The molecule has 0 aliphatic carbocycles. The molecule has 2 aromatic carbocycles. The number of carbonyl (C=O) groups excluding carboxylic acids is 1. The van der Waals surface area contributed by atoms with Crippen LogP contribution in [-0.4, -0.2) is 66.0 Å². The van der Waals surface area contributed by atoms with Crippen LogP contribution in [0.1, 0.15) is 191 Å². The van der Waals surface area contributed by atoms with E-state index in [1.807, 2.05) is 73.7 Å². The number of nitrogens with one attached hydrogen (secondary N) is 1. The smallest absolute Gasteiger partial charge is 0.220 e. The van der Waals surface area contributed by atoms with E-state index in [2.05, 4.69) is 151 Å². The van der Waals surface area contributed by atoms with E-state index in [0.29, 0.717) is 24.3 Å². The van der Waals surface area contributed by atoms with E-state index in [9.17, 15) is 4.79 Å². The fraction of sp³-hybridized carbons (Fsp3) is 0.541. The van der Waals surface area contributed by atoms with Gasteiger partial charge in [0.15, 0.2) is 0 Å². The van der Waals surface area contributed by atoms with Crippen LogP contribution in [0.5, 0.6) is 0 Å². The molecule has 5 rings (SSSR count). The van der Waals surface area contributed by atoms with E-state index in [1.165, 1.54) is 69.3 Å². The Balaban J connectivity index is 0. The molecule has 7 heteroatoms. The molecule has 3 aromatic rings. The van der Waals surface area contributed by atoms with Crippen LogP contribution in [0.3, 0.4) is 0 Å². The number of hydrogen-bond donors (Lipinski definition) is 3. The highest BCUT2D eigenvalue weighted by molar-refractivity contribution is 5.83. The zero-order valence-electron chi connectivity index (χ0n) is 46.6. The van der Waals surface area contributed by atoms with Crippen LogP contribution in [0.2, 0.25) is 0 Å². The lowest BCUT2D eigenvalue weighted by molar-refractivity contribution is -0.127. The number of aryl methyl sites for hydroxylation is 3. The van der Waals surface area contributed by atoms with Gasteiger partial charge in [0, 0.05) is 55.6 Å². The molecule has 7 nitrogen and oxygen atoms in total. The number of nitrogen functional groups attached to an aromatic ring is 1. The van der Waals surface area contributed by atoms with Crippen LogP contribution < -0.4 is 16.8 Å². The first kappa shape index (κ1) is 65.5. The third-order valence-corrected chi connectivity index (χ3v) is 12.0. The number of pyridine rings is 1. The number of rotatable bonds is 17. The zero-order valence-corrected chi connectivity index (χ0v) is 46.6. The van der Waals surface area contributed by atoms with Crippen molar-refractivity contribution in [1.29, 1.82) is 0 Å². The molecule has 5 N–H and O–H groups in total. The summed E-state index contributed by atoms with van der Waals surface area (Å²) in [5, 5.41) is 3.14. The molecule has 382 valence electrons. The number of allylic oxidation sites excluding steroid dienone is 2. The van der Waals surface area contributed by atoms with Gasteiger partial charge < -0.3 is 21.7 Å². The normalized spacial score (nSPS) is 16.3. The van der Waals surface area contributed by atoms with Gasteiger partial charge in [-0.15, -0.1) is 13.2 Å². The lowest BCUT2D eigenvalue weighted by atomic mass is 9.81. The second-order valence-corrected chi connectivity index (χ2v) is 17.7. The van der Waals surface area contributed by atoms with Crippen molar-refractivity contribution in [3.8, 4) is 0 Å². The molecule has 1 aromatic heterocycles. The highest BCUT2D eigenvalue weighted by Gasteiger charge is 2.39. The molecule has 2 atom stereocenters. The van der Waals surface area contributed by atoms with E-state index in [1.54, 1.807) is 6.08 Å². The van der Waals surface area contributed by atoms with Crippen LogP contribution in [-0.2, 0) is 17.8 Å². The zero-order chi connectivity index (χ0) is 52.4. The number of likely N-dealkylation sites (tertiary alicyclic amines) is 1. The maximum atomic E-state index is 11.4. The Labute approximate surface area is 419 Å². The van der Waals surface area contributed by atoms with Crippen molar-refractivity contribution in [1.82, 2.24) is 20.1 Å². The topological polar surface area (TPSA) is 101 Å². The summed E-state index contributed by atoms with van der Waals surface area (Å²) in [5.41, 5.74) is 25.2. The quantitative estimate of drug-likeness (QED) is 0.0708. The number of likely N-dealkylation sites (N-methyl/N-ethyl adjacent to an activating group) is 1. The summed E-state index contributed by atoms with van der Waals surface area (Å²) >= 11 is 0. The van der Waals surface area contributed by atoms with Crippen molar-refractivity contribution in [2.24, 2.45) is 11.7 Å². The Kier molecular flexibility index (Phi) is 36.0. The van der Waals surface area contributed by atoms with Gasteiger partial charge in [0.1, 0.15) is 0 Å². The Morgan fingerprint density at radius 3 is 2.09 bits per heavy atom. The lowest BCUT2D eigenvalue weighted by Gasteiger charge is -2.45. The number of nitrogens with two attached hydrogens (primary N) is 2. The van der Waals surface area contributed by atoms with Gasteiger partial charge in [0.25, 0.3) is 0 Å². The molecule has 2 saturated heterocycles. The number of hydrogen-bond acceptors (Lipinski definition) is 6. The van der Waals surface area contributed by atoms with Crippen molar-refractivity contribution in [2.45, 2.75) is 179 Å². The standard InChI is InChI=1S/C25H33N3.C16H23N.C11H22N2O.C3H6.3C2H6/c1-7-19-13-28(14-19)15-24-22(16(3)4)10-20(11-25(24)26)21(8-2)23-9-18(6)27-12-17(23)5;1-3-14-11-9-12-15(16(14)4-2)10-7-5-6-8-13-17;1-5-8-11(2)9(13(3)4)6-7-10(14)12-11;1-3-2;3*1-2/h7-12,16,19H,1,13-15,26H2,2-6H3;3-4,9,11-12H,1-2,5-8,10,13,17H2;9H,5-8H2,1-4H3,(H,12,14);3H,1H2,2H3;3*1-2H3/b21-8-;;;;;;. The number of amides is 1. The van der Waals surface area contributed by atoms with Gasteiger partial charge >= 0.3 is 0 Å². The molecule has 0 bridgehead atoms. The minimum atomic E-state index is -0.0341. The molecule has 0 saturated carbocycles. The van der Waals surface area contributed by atoms with Gasteiger partial charge in [-0.1, -0.05) is 149 Å². The highest BCUT2D eigenvalue weighted by Crippen LogP contribution is 2.35. The van der Waals surface area contributed by atoms with E-state index < -0.39 is 0 Å². The minimum Gasteiger partial charge on any atom is -0.398 e. The average molecular weight is 936 g/mol. The van der Waals surface area contributed by atoms with E-state index in [0.717, 1.165) is 69.7 Å². The van der Waals surface area contributed by atoms with Crippen molar-refractivity contribution < 1.29 is 4.79 Å². The van der Waals surface area contributed by atoms with Crippen molar-refractivity contribution in [3.05, 3.63) is 137 Å². The van der Waals surface area contributed by atoms with Gasteiger partial charge in [0.2, 0.25) is 5.91 Å². The maximum Gasteiger partial charge on any atom is 0.220 e. The van der Waals surface area contributed by atoms with Crippen LogP contribution in [0.15, 0.2) is 87.1 Å². The summed E-state index contributed by atoms with van der Waals surface area (Å²) in [6, 6.07) is 13.5. The molecular formula is C61H102N6O. The first-order chi connectivity index (χ1) is 32.6. The van der Waals surface area contributed by atoms with Crippen LogP contribution in [0.4, 0.5) is 5.69 Å². The number of piperidine rings is 1. The van der Waals surface area contributed by atoms with Crippen LogP contribution >= 0.6 is 0 Å². The number of carbonyl (C=O) groups is 1. The number of aromatic nitrogens is 1. The number of unbranched alkanes of at least 4 members (excludes halogenated alkanes) is 3. The minimum absolute atomic E-state index is 0.0341. The van der Waals surface area contributed by atoms with E-state index >= 15 is 0 Å². The molecule has 2 unspecified atom stereocenters. The molecule has 3 heterocycles. The number of anilines is 1. The highest BCUT2D eigenvalue weighted by atomic mass is 16.1. The Hall–Kier alpha value is -4.56. The van der Waals surface area contributed by atoms with Crippen molar-refractivity contribution in [3.63, 3.8) is 0 Å². The third-order valence-electron chi connectivity index (χ3n) is 12.0. The molecule has 1 amide bonds. The van der Waals surface area contributed by atoms with Crippen LogP contribution in [0.25, 0.3) is 17.7 Å². The Morgan fingerprint density at radius 1 is 0.956 bits per heavy atom. The summed E-state index contributed by atoms with van der Waals surface area (Å²) in [6.45, 7) is 47.9. The first-order valence-electron chi connectivity index (χ1n) is 26.1. The summed E-state index contributed by atoms with van der Waals surface area (Å²) < 4.78 is 0. The summed E-state index contributed by atoms with van der Waals surface area (Å²) in [7, 11) is 4.19. The molecule has 2 aliphatic heterocycles. The summed E-state index contributed by atoms with van der Waals surface area (Å²) in [4.78, 5) is 20.5. The monoisotopic (exact) mass is 935 g/mol. The molecule has 2 fully saturated rings. The predicted molar refractivity (Wildman–Crippen MR) is 306 cm³/mol. The Morgan fingerprint density at radius 2 is 1.57 bits per heavy atom. The average Bonchev–Trinajstić information content (AvgIpc) is 3.31. The SMILES string of the molecule is C=CC.C=CC1CN(Cc2c(N)cc(/C(=C/C)c3cc(C)ncc3C)cc2C(C)C)C1.C=Cc1cccc(CCCCCCN)c1C=C.CC.CC.CC.CCCC1(C)NC(=O)CCC1N(C)C. The molecular weight excluding hydrogens is 833 g/mol. The number of benzene rings is 2. The molecule has 68 heavy (non-hydrogen) atoms. The van der Waals surface area contributed by atoms with Crippen molar-refractivity contribution in [2.75, 3.05) is 39.5 Å². The Bertz CT molecular complexity index is 1920. The van der Waals surface area contributed by atoms with Crippen molar-refractivity contribution >= 4 is 29.3 Å². The van der Waals surface area contributed by atoms with Gasteiger partial charge in [0.05, 0.1) is 5.54 Å². The van der Waals surface area contributed by atoms with E-state index in [4.69, 9.17) is 11.5 Å². The summed E-state index contributed by atoms with van der Waals surface area (Å²) in [5.74, 6) is 1.25. The van der Waals surface area contributed by atoms with Gasteiger partial charge in [-0.3, -0.25) is 14.7 Å². The van der Waals surface area contributed by atoms with Gasteiger partial charge in [-0.05, 0) is 155 Å². The van der Waals surface area contributed by atoms with Gasteiger partial charge in [-0.25, -0.2) is 0 Å². The van der Waals surface area contributed by atoms with Crippen LogP contribution in [0, 0.1) is 19.8 Å². The fourth-order valence-electron chi connectivity index (χ4n) is 8.80. The molecule has 2 aliphatic rings. The fourth-order valence-corrected chi connectivity index (χ4v) is 8.80. The maximum absolute atomic E-state index is 11.4. The molecule has 0 spiro atoms. The van der Waals surface area contributed by atoms with E-state index in [-0.39, 0.29) is 11.4 Å².